The number of benzene rings is 2. The number of esters is 1. The van der Waals surface area contributed by atoms with Gasteiger partial charge in [-0.1, -0.05) is 35.0 Å². The van der Waals surface area contributed by atoms with Crippen LogP contribution in [-0.4, -0.2) is 18.4 Å². The van der Waals surface area contributed by atoms with Gasteiger partial charge in [-0.15, -0.1) is 0 Å². The van der Waals surface area contributed by atoms with Gasteiger partial charge in [-0.2, -0.15) is 0 Å². The van der Waals surface area contributed by atoms with E-state index < -0.39 is 5.92 Å². The molecule has 0 aliphatic carbocycles. The Balaban J connectivity index is 1.66. The lowest BCUT2D eigenvalue weighted by Crippen LogP contribution is -2.27. The Morgan fingerprint density at radius 3 is 2.46 bits per heavy atom. The number of halogens is 1. The fourth-order valence-corrected chi connectivity index (χ4v) is 2.99. The van der Waals surface area contributed by atoms with Crippen LogP contribution in [0.1, 0.15) is 18.9 Å². The fourth-order valence-electron chi connectivity index (χ4n) is 2.73. The first-order chi connectivity index (χ1) is 11.6. The molecule has 0 saturated carbocycles. The highest BCUT2D eigenvalue weighted by molar-refractivity contribution is 9.10. The quantitative estimate of drug-likeness (QED) is 0.588. The summed E-state index contributed by atoms with van der Waals surface area (Å²) in [5.74, 6) is -0.327. The highest BCUT2D eigenvalue weighted by Gasteiger charge is 2.36. The van der Waals surface area contributed by atoms with Crippen molar-refractivity contribution < 1.29 is 14.3 Å². The summed E-state index contributed by atoms with van der Waals surface area (Å²) in [6.45, 7) is 2.42. The van der Waals surface area contributed by atoms with Crippen molar-refractivity contribution in [2.45, 2.75) is 19.8 Å². The van der Waals surface area contributed by atoms with Crippen LogP contribution >= 0.6 is 15.9 Å². The molecule has 0 radical (unpaired) electrons. The van der Waals surface area contributed by atoms with Crippen molar-refractivity contribution in [1.82, 2.24) is 0 Å². The molecule has 124 valence electrons. The van der Waals surface area contributed by atoms with Crippen molar-refractivity contribution in [1.29, 1.82) is 0 Å². The van der Waals surface area contributed by atoms with Gasteiger partial charge in [0.05, 0.1) is 5.92 Å². The van der Waals surface area contributed by atoms with Gasteiger partial charge < -0.3 is 9.64 Å². The lowest BCUT2D eigenvalue weighted by Gasteiger charge is -2.16. The smallest absolute Gasteiger partial charge is 0.316 e. The topological polar surface area (TPSA) is 46.6 Å². The van der Waals surface area contributed by atoms with E-state index >= 15 is 0 Å². The zero-order chi connectivity index (χ0) is 17.1. The summed E-state index contributed by atoms with van der Waals surface area (Å²) in [5.41, 5.74) is 1.98. The van der Waals surface area contributed by atoms with Crippen molar-refractivity contribution in [2.24, 2.45) is 5.92 Å². The molecule has 0 unspecified atom stereocenters. The Bertz CT molecular complexity index is 740. The number of ether oxygens (including phenoxy) is 1. The first-order valence-corrected chi connectivity index (χ1v) is 8.72. The number of nitrogens with zero attached hydrogens (tertiary/aromatic N) is 1. The van der Waals surface area contributed by atoms with Gasteiger partial charge in [-0.3, -0.25) is 9.59 Å². The van der Waals surface area contributed by atoms with E-state index in [1.807, 2.05) is 36.4 Å². The highest BCUT2D eigenvalue weighted by atomic mass is 79.9. The van der Waals surface area contributed by atoms with Crippen LogP contribution in [0.2, 0.25) is 0 Å². The number of hydrogen-bond donors (Lipinski definition) is 0. The summed E-state index contributed by atoms with van der Waals surface area (Å²) in [5, 5.41) is 0. The van der Waals surface area contributed by atoms with E-state index in [0.717, 1.165) is 16.6 Å². The first kappa shape index (κ1) is 16.7. The molecule has 1 fully saturated rings. The summed E-state index contributed by atoms with van der Waals surface area (Å²) in [6.07, 6.45) is 1.12. The van der Waals surface area contributed by atoms with Crippen LogP contribution in [0.5, 0.6) is 5.75 Å². The van der Waals surface area contributed by atoms with Gasteiger partial charge in [-0.05, 0) is 48.4 Å². The molecule has 1 atom stereocenters. The fraction of sp³-hybridized carbons (Fsp3) is 0.263. The molecule has 1 saturated heterocycles. The normalized spacial score (nSPS) is 17.2. The summed E-state index contributed by atoms with van der Waals surface area (Å²) in [6, 6.07) is 14.9. The Morgan fingerprint density at radius 2 is 1.83 bits per heavy atom. The molecule has 0 spiro atoms. The van der Waals surface area contributed by atoms with Gasteiger partial charge in [0.15, 0.2) is 0 Å². The number of hydrogen-bond acceptors (Lipinski definition) is 3. The molecular weight excluding hydrogens is 370 g/mol. The minimum atomic E-state index is -0.438. The molecule has 4 nitrogen and oxygen atoms in total. The van der Waals surface area contributed by atoms with E-state index in [9.17, 15) is 9.59 Å². The van der Waals surface area contributed by atoms with Crippen LogP contribution in [0.3, 0.4) is 0 Å². The van der Waals surface area contributed by atoms with Gasteiger partial charge in [0.25, 0.3) is 0 Å². The molecule has 1 heterocycles. The Kier molecular flexibility index (Phi) is 5.00. The zero-order valence-corrected chi connectivity index (χ0v) is 15.0. The van der Waals surface area contributed by atoms with E-state index in [4.69, 9.17) is 4.74 Å². The predicted molar refractivity (Wildman–Crippen MR) is 96.1 cm³/mol. The maximum Gasteiger partial charge on any atom is 0.316 e. The molecule has 0 N–H and O–H groups in total. The lowest BCUT2D eigenvalue weighted by molar-refractivity contribution is -0.139. The predicted octanol–water partition coefficient (Wildman–Crippen LogP) is 3.97. The number of carbonyl (C=O) groups is 2. The number of aryl methyl sites for hydroxylation is 1. The first-order valence-electron chi connectivity index (χ1n) is 7.93. The Morgan fingerprint density at radius 1 is 1.17 bits per heavy atom. The van der Waals surface area contributed by atoms with Crippen molar-refractivity contribution in [3.05, 3.63) is 58.6 Å². The van der Waals surface area contributed by atoms with Crippen molar-refractivity contribution in [3.63, 3.8) is 0 Å². The minimum Gasteiger partial charge on any atom is -0.426 e. The van der Waals surface area contributed by atoms with Crippen LogP contribution in [0.15, 0.2) is 53.0 Å². The van der Waals surface area contributed by atoms with Crippen LogP contribution in [0, 0.1) is 5.92 Å². The van der Waals surface area contributed by atoms with Crippen LogP contribution in [-0.2, 0) is 16.0 Å². The molecule has 2 aromatic carbocycles. The van der Waals surface area contributed by atoms with E-state index in [-0.39, 0.29) is 18.3 Å². The lowest BCUT2D eigenvalue weighted by atomic mass is 10.1. The van der Waals surface area contributed by atoms with Crippen molar-refractivity contribution >= 4 is 33.5 Å². The summed E-state index contributed by atoms with van der Waals surface area (Å²) >= 11 is 3.37. The van der Waals surface area contributed by atoms with Crippen LogP contribution in [0.25, 0.3) is 0 Å². The third-order valence-electron chi connectivity index (χ3n) is 4.15. The van der Waals surface area contributed by atoms with E-state index in [2.05, 4.69) is 22.9 Å². The van der Waals surface area contributed by atoms with Gasteiger partial charge in [-0.25, -0.2) is 0 Å². The molecule has 1 aliphatic heterocycles. The summed E-state index contributed by atoms with van der Waals surface area (Å²) < 4.78 is 6.37. The van der Waals surface area contributed by atoms with Crippen LogP contribution in [0.4, 0.5) is 5.69 Å². The van der Waals surface area contributed by atoms with Gasteiger partial charge in [0.2, 0.25) is 5.91 Å². The second-order valence-electron chi connectivity index (χ2n) is 5.80. The third-order valence-corrected chi connectivity index (χ3v) is 4.68. The number of rotatable bonds is 4. The maximum absolute atomic E-state index is 12.3. The molecule has 0 aromatic heterocycles. The van der Waals surface area contributed by atoms with Gasteiger partial charge >= 0.3 is 5.97 Å². The standard InChI is InChI=1S/C19H18BrNO3/c1-2-13-3-9-17(10-4-13)24-19(23)14-11-18(22)21(12-14)16-7-5-15(20)6-8-16/h3-10,14H,2,11-12H2,1H3/t14-/m0/s1. The summed E-state index contributed by atoms with van der Waals surface area (Å²) in [4.78, 5) is 26.2. The molecule has 3 rings (SSSR count). The molecule has 2 aromatic rings. The maximum atomic E-state index is 12.3. The third kappa shape index (κ3) is 3.67. The van der Waals surface area contributed by atoms with Gasteiger partial charge in [0, 0.05) is 23.1 Å². The Hall–Kier alpha value is -2.14. The monoisotopic (exact) mass is 387 g/mol. The largest absolute Gasteiger partial charge is 0.426 e. The van der Waals surface area contributed by atoms with E-state index in [0.29, 0.717) is 12.3 Å². The van der Waals surface area contributed by atoms with E-state index in [1.165, 1.54) is 5.56 Å². The molecule has 1 aliphatic rings. The molecule has 1 amide bonds. The average molecular weight is 388 g/mol. The number of anilines is 1. The van der Waals surface area contributed by atoms with Gasteiger partial charge in [0.1, 0.15) is 5.75 Å². The second-order valence-corrected chi connectivity index (χ2v) is 6.72. The molecule has 0 bridgehead atoms. The number of amides is 1. The molecular formula is C19H18BrNO3. The zero-order valence-electron chi connectivity index (χ0n) is 13.4. The minimum absolute atomic E-state index is 0.0550. The second kappa shape index (κ2) is 7.18. The van der Waals surface area contributed by atoms with Crippen molar-refractivity contribution in [2.75, 3.05) is 11.4 Å². The summed E-state index contributed by atoms with van der Waals surface area (Å²) in [7, 11) is 0. The van der Waals surface area contributed by atoms with Crippen molar-refractivity contribution in [3.8, 4) is 5.75 Å². The van der Waals surface area contributed by atoms with Crippen LogP contribution < -0.4 is 9.64 Å². The van der Waals surface area contributed by atoms with E-state index in [1.54, 1.807) is 17.0 Å². The highest BCUT2D eigenvalue weighted by Crippen LogP contribution is 2.27. The number of carbonyl (C=O) groups excluding carboxylic acids is 2. The average Bonchev–Trinajstić information content (AvgIpc) is 2.98. The Labute approximate surface area is 149 Å². The SMILES string of the molecule is CCc1ccc(OC(=O)[C@H]2CC(=O)N(c3ccc(Br)cc3)C2)cc1. The molecule has 24 heavy (non-hydrogen) atoms. The molecule has 5 heteroatoms.